The van der Waals surface area contributed by atoms with Gasteiger partial charge >= 0.3 is 5.97 Å². The predicted molar refractivity (Wildman–Crippen MR) is 115 cm³/mol. The Morgan fingerprint density at radius 2 is 1.56 bits per heavy atom. The van der Waals surface area contributed by atoms with Crippen LogP contribution in [0.15, 0.2) is 33.7 Å². The number of halogens is 3. The van der Waals surface area contributed by atoms with Crippen molar-refractivity contribution in [3.8, 4) is 0 Å². The second-order valence-electron chi connectivity index (χ2n) is 7.11. The number of carbonyl (C=O) groups excluding carboxylic acids is 1. The molecule has 1 aliphatic rings. The van der Waals surface area contributed by atoms with E-state index in [2.05, 4.69) is 74.4 Å². The number of ether oxygens (including phenoxy) is 1. The highest BCUT2D eigenvalue weighted by Crippen LogP contribution is 2.42. The summed E-state index contributed by atoms with van der Waals surface area (Å²) in [6, 6.07) is 0. The topological polar surface area (TPSA) is 98.1 Å². The van der Waals surface area contributed by atoms with Gasteiger partial charge in [-0.1, -0.05) is 0 Å². The first-order valence-corrected chi connectivity index (χ1v) is 10.7. The molecule has 0 amide bonds. The molecule has 1 aliphatic carbocycles. The largest absolute Gasteiger partial charge is 0.462 e. The molecule has 2 aromatic heterocycles. The fourth-order valence-corrected chi connectivity index (χ4v) is 2.82. The third kappa shape index (κ3) is 6.68. The Labute approximate surface area is 188 Å². The van der Waals surface area contributed by atoms with Gasteiger partial charge in [0.25, 0.3) is 0 Å². The summed E-state index contributed by atoms with van der Waals surface area (Å²) in [5.41, 5.74) is -1.61. The Morgan fingerprint density at radius 3 is 1.96 bits per heavy atom. The SMILES string of the molecule is Brc1cnc(I)nc1.CC(C)(C)C(=O)OC1CC(O)(c2ncc(Br)cn2)C1. The van der Waals surface area contributed by atoms with Gasteiger partial charge in [-0.25, -0.2) is 19.9 Å². The van der Waals surface area contributed by atoms with Gasteiger partial charge in [-0.05, 0) is 52.6 Å². The molecule has 0 radical (unpaired) electrons. The van der Waals surface area contributed by atoms with Crippen LogP contribution in [0, 0.1) is 9.25 Å². The van der Waals surface area contributed by atoms with Gasteiger partial charge in [0, 0.05) is 60.2 Å². The van der Waals surface area contributed by atoms with E-state index in [0.29, 0.717) is 18.7 Å². The minimum atomic E-state index is -1.08. The van der Waals surface area contributed by atoms with Crippen molar-refractivity contribution in [1.82, 2.24) is 19.9 Å². The van der Waals surface area contributed by atoms with Gasteiger partial charge in [0.2, 0.25) is 0 Å². The number of hydrogen-bond donors (Lipinski definition) is 1. The molecule has 27 heavy (non-hydrogen) atoms. The van der Waals surface area contributed by atoms with Gasteiger partial charge in [-0.2, -0.15) is 0 Å². The van der Waals surface area contributed by atoms with E-state index in [1.165, 1.54) is 0 Å². The monoisotopic (exact) mass is 612 g/mol. The summed E-state index contributed by atoms with van der Waals surface area (Å²) in [6.45, 7) is 5.41. The summed E-state index contributed by atoms with van der Waals surface area (Å²) in [5, 5.41) is 10.3. The van der Waals surface area contributed by atoms with E-state index in [9.17, 15) is 9.90 Å². The molecule has 2 heterocycles. The third-order valence-electron chi connectivity index (χ3n) is 3.64. The smallest absolute Gasteiger partial charge is 0.311 e. The molecule has 0 atom stereocenters. The highest BCUT2D eigenvalue weighted by atomic mass is 127. The molecule has 0 spiro atoms. The zero-order valence-corrected chi connectivity index (χ0v) is 20.3. The molecule has 0 bridgehead atoms. The van der Waals surface area contributed by atoms with Crippen LogP contribution in [0.25, 0.3) is 0 Å². The highest BCUT2D eigenvalue weighted by Gasteiger charge is 2.49. The Kier molecular flexibility index (Phi) is 7.68. The molecule has 10 heteroatoms. The average molecular weight is 614 g/mol. The van der Waals surface area contributed by atoms with Crippen LogP contribution in [0.5, 0.6) is 0 Å². The summed E-state index contributed by atoms with van der Waals surface area (Å²) < 4.78 is 7.77. The molecule has 0 aromatic carbocycles. The van der Waals surface area contributed by atoms with Gasteiger partial charge in [0.15, 0.2) is 9.66 Å². The third-order valence-corrected chi connectivity index (χ3v) is 5.02. The number of nitrogens with zero attached hydrogens (tertiary/aromatic N) is 4. The van der Waals surface area contributed by atoms with Crippen LogP contribution in [0.3, 0.4) is 0 Å². The lowest BCUT2D eigenvalue weighted by Crippen LogP contribution is -2.48. The summed E-state index contributed by atoms with van der Waals surface area (Å²) in [7, 11) is 0. The Morgan fingerprint density at radius 1 is 1.11 bits per heavy atom. The van der Waals surface area contributed by atoms with Crippen molar-refractivity contribution in [1.29, 1.82) is 0 Å². The Bertz CT molecular complexity index is 755. The summed E-state index contributed by atoms with van der Waals surface area (Å²) in [5.74, 6) is 0.120. The normalized spacial score (nSPS) is 21.5. The van der Waals surface area contributed by atoms with Crippen LogP contribution in [0.2, 0.25) is 0 Å². The van der Waals surface area contributed by atoms with E-state index in [4.69, 9.17) is 4.74 Å². The van der Waals surface area contributed by atoms with E-state index in [1.54, 1.807) is 45.6 Å². The van der Waals surface area contributed by atoms with E-state index in [0.717, 1.165) is 12.8 Å². The lowest BCUT2D eigenvalue weighted by atomic mass is 9.76. The maximum atomic E-state index is 11.7. The molecule has 2 aromatic rings. The van der Waals surface area contributed by atoms with Crippen molar-refractivity contribution < 1.29 is 14.6 Å². The fourth-order valence-electron chi connectivity index (χ4n) is 2.14. The Balaban J connectivity index is 0.000000273. The van der Waals surface area contributed by atoms with Crippen molar-refractivity contribution in [3.05, 3.63) is 43.4 Å². The summed E-state index contributed by atoms with van der Waals surface area (Å²) in [6.07, 6.45) is 7.05. The van der Waals surface area contributed by atoms with Gasteiger partial charge in [0.05, 0.1) is 14.4 Å². The first-order valence-electron chi connectivity index (χ1n) is 8.04. The zero-order chi connectivity index (χ0) is 20.2. The number of aromatic nitrogens is 4. The molecular formula is C17H19Br2IN4O3. The zero-order valence-electron chi connectivity index (χ0n) is 15.0. The number of esters is 1. The van der Waals surface area contributed by atoms with Crippen molar-refractivity contribution in [2.45, 2.75) is 45.3 Å². The molecule has 1 N–H and O–H groups in total. The van der Waals surface area contributed by atoms with Crippen LogP contribution in [0.1, 0.15) is 39.4 Å². The molecule has 7 nitrogen and oxygen atoms in total. The first-order chi connectivity index (χ1) is 12.5. The van der Waals surface area contributed by atoms with Crippen LogP contribution in [0.4, 0.5) is 0 Å². The van der Waals surface area contributed by atoms with Crippen LogP contribution < -0.4 is 0 Å². The van der Waals surface area contributed by atoms with Crippen molar-refractivity contribution in [2.75, 3.05) is 0 Å². The summed E-state index contributed by atoms with van der Waals surface area (Å²) >= 11 is 8.51. The minimum Gasteiger partial charge on any atom is -0.462 e. The number of rotatable bonds is 2. The molecule has 0 saturated heterocycles. The minimum absolute atomic E-state index is 0.253. The first kappa shape index (κ1) is 22.6. The number of hydrogen-bond acceptors (Lipinski definition) is 7. The van der Waals surface area contributed by atoms with Gasteiger partial charge in [-0.3, -0.25) is 4.79 Å². The highest BCUT2D eigenvalue weighted by molar-refractivity contribution is 14.1. The molecule has 1 fully saturated rings. The van der Waals surface area contributed by atoms with E-state index >= 15 is 0 Å². The molecule has 0 aliphatic heterocycles. The average Bonchev–Trinajstić information content (AvgIpc) is 2.56. The molecule has 146 valence electrons. The summed E-state index contributed by atoms with van der Waals surface area (Å²) in [4.78, 5) is 27.7. The Hall–Kier alpha value is -0.720. The second-order valence-corrected chi connectivity index (χ2v) is 9.91. The molecule has 3 rings (SSSR count). The van der Waals surface area contributed by atoms with Crippen LogP contribution >= 0.6 is 54.5 Å². The lowest BCUT2D eigenvalue weighted by molar-refractivity contribution is -0.184. The maximum absolute atomic E-state index is 11.7. The predicted octanol–water partition coefficient (Wildman–Crippen LogP) is 4.02. The maximum Gasteiger partial charge on any atom is 0.311 e. The number of carbonyl (C=O) groups is 1. The standard InChI is InChI=1S/C13H17BrN2O3.C4H2BrIN2/c1-12(2,3)11(17)19-9-4-13(18,5-9)10-15-6-8(14)7-16-10;5-3-1-7-4(6)8-2-3/h6-7,9,18H,4-5H2,1-3H3;1-2H. The van der Waals surface area contributed by atoms with Crippen LogP contribution in [-0.2, 0) is 15.1 Å². The molecule has 0 unspecified atom stereocenters. The second kappa shape index (κ2) is 9.19. The quantitative estimate of drug-likeness (QED) is 0.310. The van der Waals surface area contributed by atoms with Gasteiger partial charge in [0.1, 0.15) is 11.7 Å². The van der Waals surface area contributed by atoms with Gasteiger partial charge in [-0.15, -0.1) is 0 Å². The molecular weight excluding hydrogens is 595 g/mol. The lowest BCUT2D eigenvalue weighted by Gasteiger charge is -2.42. The van der Waals surface area contributed by atoms with Gasteiger partial charge < -0.3 is 9.84 Å². The van der Waals surface area contributed by atoms with Crippen molar-refractivity contribution in [2.24, 2.45) is 5.41 Å². The van der Waals surface area contributed by atoms with E-state index < -0.39 is 11.0 Å². The van der Waals surface area contributed by atoms with Crippen molar-refractivity contribution in [3.63, 3.8) is 0 Å². The van der Waals surface area contributed by atoms with E-state index in [-0.39, 0.29) is 12.1 Å². The molecule has 1 saturated carbocycles. The van der Waals surface area contributed by atoms with Crippen molar-refractivity contribution >= 4 is 60.4 Å². The number of aliphatic hydroxyl groups is 1. The van der Waals surface area contributed by atoms with Crippen LogP contribution in [-0.4, -0.2) is 37.1 Å². The van der Waals surface area contributed by atoms with E-state index in [1.807, 2.05) is 0 Å². The fraction of sp³-hybridized carbons (Fsp3) is 0.471.